The normalized spacial score (nSPS) is 10.1. The van der Waals surface area contributed by atoms with Crippen LogP contribution in [0.5, 0.6) is 0 Å². The number of anilines is 2. The van der Waals surface area contributed by atoms with Gasteiger partial charge < -0.3 is 11.1 Å². The van der Waals surface area contributed by atoms with Crippen molar-refractivity contribution in [2.24, 2.45) is 0 Å². The van der Waals surface area contributed by atoms with Gasteiger partial charge >= 0.3 is 0 Å². The Morgan fingerprint density at radius 2 is 1.88 bits per heavy atom. The molecule has 0 unspecified atom stereocenters. The third-order valence-electron chi connectivity index (χ3n) is 2.38. The molecule has 2 rings (SSSR count). The van der Waals surface area contributed by atoms with Crippen molar-refractivity contribution >= 4 is 23.1 Å². The van der Waals surface area contributed by atoms with Gasteiger partial charge in [0.05, 0.1) is 5.69 Å². The molecule has 0 bridgehead atoms. The van der Waals surface area contributed by atoms with E-state index in [4.69, 9.17) is 17.3 Å². The summed E-state index contributed by atoms with van der Waals surface area (Å²) in [5, 5.41) is 3.67. The van der Waals surface area contributed by atoms with Crippen molar-refractivity contribution in [2.45, 2.75) is 0 Å². The van der Waals surface area contributed by atoms with E-state index < -0.39 is 0 Å². The summed E-state index contributed by atoms with van der Waals surface area (Å²) in [4.78, 5) is 4.14. The predicted octanol–water partition coefficient (Wildman–Crippen LogP) is 3.03. The molecule has 1 aromatic heterocycles. The lowest BCUT2D eigenvalue weighted by molar-refractivity contribution is 1.29. The molecular weight excluding hydrogens is 222 g/mol. The predicted molar refractivity (Wildman–Crippen MR) is 68.6 cm³/mol. The fourth-order valence-corrected chi connectivity index (χ4v) is 1.68. The topological polar surface area (TPSA) is 50.9 Å². The molecule has 0 amide bonds. The highest BCUT2D eigenvalue weighted by molar-refractivity contribution is 6.30. The van der Waals surface area contributed by atoms with Crippen LogP contribution in [0.3, 0.4) is 0 Å². The Labute approximate surface area is 99.3 Å². The number of pyridine rings is 1. The number of aromatic nitrogens is 1. The van der Waals surface area contributed by atoms with Gasteiger partial charge in [0.25, 0.3) is 0 Å². The molecule has 0 aliphatic rings. The Morgan fingerprint density at radius 3 is 2.50 bits per heavy atom. The third-order valence-corrected chi connectivity index (χ3v) is 2.63. The number of nitrogens with two attached hydrogens (primary N) is 1. The minimum Gasteiger partial charge on any atom is -0.395 e. The summed E-state index contributed by atoms with van der Waals surface area (Å²) >= 11 is 5.84. The Hall–Kier alpha value is -1.74. The standard InChI is InChI=1S/C12H12ClN3/c1-15-12-11(14)10(6-7-16-12)8-2-4-9(13)5-3-8/h2-7H,14H2,1H3,(H,15,16). The first kappa shape index (κ1) is 10.8. The van der Waals surface area contributed by atoms with Gasteiger partial charge in [-0.15, -0.1) is 0 Å². The largest absolute Gasteiger partial charge is 0.395 e. The zero-order valence-corrected chi connectivity index (χ0v) is 9.62. The van der Waals surface area contributed by atoms with Crippen molar-refractivity contribution in [3.8, 4) is 11.1 Å². The molecule has 1 heterocycles. The molecule has 3 N–H and O–H groups in total. The Bertz CT molecular complexity index is 494. The van der Waals surface area contributed by atoms with Gasteiger partial charge in [-0.05, 0) is 23.8 Å². The van der Waals surface area contributed by atoms with Gasteiger partial charge in [0.15, 0.2) is 0 Å². The molecule has 0 aliphatic carbocycles. The van der Waals surface area contributed by atoms with E-state index in [0.717, 1.165) is 11.1 Å². The van der Waals surface area contributed by atoms with Crippen molar-refractivity contribution in [2.75, 3.05) is 18.1 Å². The zero-order chi connectivity index (χ0) is 11.5. The molecule has 0 saturated carbocycles. The van der Waals surface area contributed by atoms with Crippen LogP contribution in [-0.4, -0.2) is 12.0 Å². The lowest BCUT2D eigenvalue weighted by Gasteiger charge is -2.09. The summed E-state index contributed by atoms with van der Waals surface area (Å²) in [6.07, 6.45) is 1.73. The summed E-state index contributed by atoms with van der Waals surface area (Å²) in [5.74, 6) is 0.687. The van der Waals surface area contributed by atoms with Crippen LogP contribution in [0, 0.1) is 0 Å². The zero-order valence-electron chi connectivity index (χ0n) is 8.87. The molecule has 2 aromatic rings. The molecule has 0 saturated heterocycles. The highest BCUT2D eigenvalue weighted by Crippen LogP contribution is 2.30. The average Bonchev–Trinajstić information content (AvgIpc) is 2.31. The van der Waals surface area contributed by atoms with E-state index in [1.54, 1.807) is 13.2 Å². The second-order valence-corrected chi connectivity index (χ2v) is 3.81. The molecule has 82 valence electrons. The van der Waals surface area contributed by atoms with Crippen LogP contribution in [0.2, 0.25) is 5.02 Å². The quantitative estimate of drug-likeness (QED) is 0.838. The van der Waals surface area contributed by atoms with Crippen molar-refractivity contribution in [3.05, 3.63) is 41.6 Å². The Kier molecular flexibility index (Phi) is 2.97. The van der Waals surface area contributed by atoms with E-state index in [0.29, 0.717) is 16.5 Å². The lowest BCUT2D eigenvalue weighted by atomic mass is 10.1. The number of nitrogens with zero attached hydrogens (tertiary/aromatic N) is 1. The van der Waals surface area contributed by atoms with Crippen molar-refractivity contribution in [3.63, 3.8) is 0 Å². The number of nitrogens with one attached hydrogen (secondary N) is 1. The van der Waals surface area contributed by atoms with E-state index in [-0.39, 0.29) is 0 Å². The Morgan fingerprint density at radius 1 is 1.19 bits per heavy atom. The Balaban J connectivity index is 2.51. The molecule has 0 radical (unpaired) electrons. The number of hydrogen-bond donors (Lipinski definition) is 2. The van der Waals surface area contributed by atoms with Gasteiger partial charge in [-0.1, -0.05) is 23.7 Å². The molecule has 0 fully saturated rings. The fraction of sp³-hybridized carbons (Fsp3) is 0.0833. The maximum atomic E-state index is 6.01. The highest BCUT2D eigenvalue weighted by Gasteiger charge is 2.06. The van der Waals surface area contributed by atoms with Crippen LogP contribution in [0.25, 0.3) is 11.1 Å². The number of nitrogen functional groups attached to an aromatic ring is 1. The van der Waals surface area contributed by atoms with Crippen LogP contribution >= 0.6 is 11.6 Å². The minimum absolute atomic E-state index is 0.646. The molecule has 4 heteroatoms. The first-order valence-corrected chi connectivity index (χ1v) is 5.28. The van der Waals surface area contributed by atoms with Gasteiger partial charge in [0, 0.05) is 23.8 Å². The fourth-order valence-electron chi connectivity index (χ4n) is 1.55. The van der Waals surface area contributed by atoms with Crippen LogP contribution in [0.15, 0.2) is 36.5 Å². The van der Waals surface area contributed by atoms with Crippen molar-refractivity contribution in [1.29, 1.82) is 0 Å². The van der Waals surface area contributed by atoms with Crippen LogP contribution in [0.4, 0.5) is 11.5 Å². The van der Waals surface area contributed by atoms with E-state index >= 15 is 0 Å². The average molecular weight is 234 g/mol. The highest BCUT2D eigenvalue weighted by atomic mass is 35.5. The molecule has 0 spiro atoms. The van der Waals surface area contributed by atoms with Crippen LogP contribution in [0.1, 0.15) is 0 Å². The maximum Gasteiger partial charge on any atom is 0.149 e. The number of benzene rings is 1. The first-order valence-electron chi connectivity index (χ1n) is 4.90. The van der Waals surface area contributed by atoms with Crippen molar-refractivity contribution in [1.82, 2.24) is 4.98 Å². The van der Waals surface area contributed by atoms with E-state index in [1.165, 1.54) is 0 Å². The molecular formula is C12H12ClN3. The van der Waals surface area contributed by atoms with Gasteiger partial charge in [-0.2, -0.15) is 0 Å². The summed E-state index contributed by atoms with van der Waals surface area (Å²) in [5.41, 5.74) is 8.63. The van der Waals surface area contributed by atoms with Gasteiger partial charge in [0.1, 0.15) is 5.82 Å². The smallest absolute Gasteiger partial charge is 0.149 e. The number of halogens is 1. The maximum absolute atomic E-state index is 6.01. The monoisotopic (exact) mass is 233 g/mol. The third kappa shape index (κ3) is 1.95. The van der Waals surface area contributed by atoms with Crippen molar-refractivity contribution < 1.29 is 0 Å². The van der Waals surface area contributed by atoms with Crippen LogP contribution in [-0.2, 0) is 0 Å². The number of hydrogen-bond acceptors (Lipinski definition) is 3. The molecule has 3 nitrogen and oxygen atoms in total. The van der Waals surface area contributed by atoms with Crippen LogP contribution < -0.4 is 11.1 Å². The summed E-state index contributed by atoms with van der Waals surface area (Å²) < 4.78 is 0. The summed E-state index contributed by atoms with van der Waals surface area (Å²) in [6, 6.07) is 9.45. The number of rotatable bonds is 2. The second-order valence-electron chi connectivity index (χ2n) is 3.38. The summed E-state index contributed by atoms with van der Waals surface area (Å²) in [7, 11) is 1.80. The van der Waals surface area contributed by atoms with Gasteiger partial charge in [0.2, 0.25) is 0 Å². The molecule has 16 heavy (non-hydrogen) atoms. The van der Waals surface area contributed by atoms with E-state index in [1.807, 2.05) is 30.3 Å². The molecule has 0 aliphatic heterocycles. The molecule has 1 aromatic carbocycles. The van der Waals surface area contributed by atoms with E-state index in [2.05, 4.69) is 10.3 Å². The first-order chi connectivity index (χ1) is 7.72. The van der Waals surface area contributed by atoms with Gasteiger partial charge in [-0.3, -0.25) is 0 Å². The molecule has 0 atom stereocenters. The SMILES string of the molecule is CNc1nccc(-c2ccc(Cl)cc2)c1N. The second kappa shape index (κ2) is 4.41. The lowest BCUT2D eigenvalue weighted by Crippen LogP contribution is -2.00. The summed E-state index contributed by atoms with van der Waals surface area (Å²) in [6.45, 7) is 0. The van der Waals surface area contributed by atoms with Gasteiger partial charge in [-0.25, -0.2) is 4.98 Å². The van der Waals surface area contributed by atoms with E-state index in [9.17, 15) is 0 Å². The minimum atomic E-state index is 0.646.